The summed E-state index contributed by atoms with van der Waals surface area (Å²) >= 11 is 0. The van der Waals surface area contributed by atoms with Gasteiger partial charge in [0, 0.05) is 30.8 Å². The fourth-order valence-electron chi connectivity index (χ4n) is 1.68. The Morgan fingerprint density at radius 3 is 2.35 bits per heavy atom. The number of nitro groups is 1. The third-order valence-electron chi connectivity index (χ3n) is 2.70. The van der Waals surface area contributed by atoms with E-state index >= 15 is 0 Å². The number of carbonyl (C=O) groups excluding carboxylic acids is 1. The molecule has 0 atom stereocenters. The van der Waals surface area contributed by atoms with Crippen LogP contribution in [0.1, 0.15) is 29.8 Å². The lowest BCUT2D eigenvalue weighted by Gasteiger charge is -2.19. The monoisotopic (exact) mass is 236 g/mol. The lowest BCUT2D eigenvalue weighted by atomic mass is 10.1. The zero-order valence-electron chi connectivity index (χ0n) is 10.3. The van der Waals surface area contributed by atoms with Crippen LogP contribution in [-0.4, -0.2) is 28.8 Å². The summed E-state index contributed by atoms with van der Waals surface area (Å²) < 4.78 is 0. The molecular weight excluding hydrogens is 220 g/mol. The number of amides is 1. The highest BCUT2D eigenvalue weighted by molar-refractivity contribution is 5.95. The molecule has 0 heterocycles. The number of hydrogen-bond acceptors (Lipinski definition) is 3. The van der Waals surface area contributed by atoms with Crippen LogP contribution in [0.25, 0.3) is 0 Å². The van der Waals surface area contributed by atoms with E-state index in [1.807, 2.05) is 13.8 Å². The smallest absolute Gasteiger partial charge is 0.269 e. The SMILES string of the molecule is CCN(CC)C(=O)c1ccc([N+](=O)[O-])cc1C. The van der Waals surface area contributed by atoms with E-state index in [1.54, 1.807) is 11.8 Å². The fraction of sp³-hybridized carbons (Fsp3) is 0.417. The summed E-state index contributed by atoms with van der Waals surface area (Å²) in [4.78, 5) is 23.9. The van der Waals surface area contributed by atoms with Crippen molar-refractivity contribution in [3.05, 3.63) is 39.4 Å². The molecule has 92 valence electrons. The number of aryl methyl sites for hydroxylation is 1. The van der Waals surface area contributed by atoms with Gasteiger partial charge in [0.1, 0.15) is 0 Å². The van der Waals surface area contributed by atoms with Gasteiger partial charge in [-0.1, -0.05) is 0 Å². The van der Waals surface area contributed by atoms with Gasteiger partial charge in [0.15, 0.2) is 0 Å². The van der Waals surface area contributed by atoms with E-state index in [4.69, 9.17) is 0 Å². The van der Waals surface area contributed by atoms with Crippen molar-refractivity contribution < 1.29 is 9.72 Å². The van der Waals surface area contributed by atoms with Crippen molar-refractivity contribution in [1.82, 2.24) is 4.90 Å². The molecule has 0 aromatic heterocycles. The average molecular weight is 236 g/mol. The standard InChI is InChI=1S/C12H16N2O3/c1-4-13(5-2)12(15)11-7-6-10(14(16)17)8-9(11)3/h6-8H,4-5H2,1-3H3. The molecule has 0 radical (unpaired) electrons. The minimum atomic E-state index is -0.460. The third kappa shape index (κ3) is 2.81. The van der Waals surface area contributed by atoms with Crippen LogP contribution in [0, 0.1) is 17.0 Å². The van der Waals surface area contributed by atoms with Gasteiger partial charge in [-0.15, -0.1) is 0 Å². The highest BCUT2D eigenvalue weighted by atomic mass is 16.6. The Labute approximate surface area is 100 Å². The molecule has 5 heteroatoms. The number of benzene rings is 1. The Morgan fingerprint density at radius 1 is 1.35 bits per heavy atom. The van der Waals surface area contributed by atoms with Gasteiger partial charge >= 0.3 is 0 Å². The summed E-state index contributed by atoms with van der Waals surface area (Å²) in [6.07, 6.45) is 0. The molecular formula is C12H16N2O3. The Morgan fingerprint density at radius 2 is 1.94 bits per heavy atom. The quantitative estimate of drug-likeness (QED) is 0.595. The highest BCUT2D eigenvalue weighted by Gasteiger charge is 2.17. The zero-order valence-corrected chi connectivity index (χ0v) is 10.3. The largest absolute Gasteiger partial charge is 0.339 e. The average Bonchev–Trinajstić information content (AvgIpc) is 2.30. The molecule has 0 fully saturated rings. The van der Waals surface area contributed by atoms with Gasteiger partial charge in [-0.25, -0.2) is 0 Å². The number of rotatable bonds is 4. The van der Waals surface area contributed by atoms with Crippen LogP contribution in [0.4, 0.5) is 5.69 Å². The zero-order chi connectivity index (χ0) is 13.0. The van der Waals surface area contributed by atoms with E-state index in [1.165, 1.54) is 18.2 Å². The Hall–Kier alpha value is -1.91. The maximum absolute atomic E-state index is 12.1. The molecule has 0 aliphatic rings. The summed E-state index contributed by atoms with van der Waals surface area (Å²) in [6, 6.07) is 4.31. The number of nitrogens with zero attached hydrogens (tertiary/aromatic N) is 2. The van der Waals surface area contributed by atoms with E-state index in [9.17, 15) is 14.9 Å². The topological polar surface area (TPSA) is 63.5 Å². The molecule has 5 nitrogen and oxygen atoms in total. The lowest BCUT2D eigenvalue weighted by Crippen LogP contribution is -2.30. The molecule has 0 N–H and O–H groups in total. The van der Waals surface area contributed by atoms with Crippen LogP contribution >= 0.6 is 0 Å². The fourth-order valence-corrected chi connectivity index (χ4v) is 1.68. The molecule has 0 saturated carbocycles. The van der Waals surface area contributed by atoms with E-state index in [2.05, 4.69) is 0 Å². The molecule has 1 rings (SSSR count). The van der Waals surface area contributed by atoms with Gasteiger partial charge in [0.25, 0.3) is 11.6 Å². The number of nitro benzene ring substituents is 1. The van der Waals surface area contributed by atoms with Crippen molar-refractivity contribution in [3.63, 3.8) is 0 Å². The number of hydrogen-bond donors (Lipinski definition) is 0. The third-order valence-corrected chi connectivity index (χ3v) is 2.70. The maximum atomic E-state index is 12.1. The summed E-state index contributed by atoms with van der Waals surface area (Å²) in [5.74, 6) is -0.0811. The normalized spacial score (nSPS) is 10.1. The van der Waals surface area contributed by atoms with Crippen molar-refractivity contribution in [2.45, 2.75) is 20.8 Å². The number of carbonyl (C=O) groups is 1. The first-order valence-corrected chi connectivity index (χ1v) is 5.55. The molecule has 17 heavy (non-hydrogen) atoms. The maximum Gasteiger partial charge on any atom is 0.269 e. The van der Waals surface area contributed by atoms with E-state index in [0.29, 0.717) is 24.2 Å². The molecule has 0 spiro atoms. The van der Waals surface area contributed by atoms with Crippen molar-refractivity contribution in [2.24, 2.45) is 0 Å². The van der Waals surface area contributed by atoms with Crippen LogP contribution in [0.15, 0.2) is 18.2 Å². The predicted octanol–water partition coefficient (Wildman–Crippen LogP) is 2.39. The van der Waals surface area contributed by atoms with Crippen molar-refractivity contribution in [2.75, 3.05) is 13.1 Å². The van der Waals surface area contributed by atoms with Crippen LogP contribution in [-0.2, 0) is 0 Å². The van der Waals surface area contributed by atoms with Crippen LogP contribution in [0.5, 0.6) is 0 Å². The van der Waals surface area contributed by atoms with Gasteiger partial charge < -0.3 is 4.90 Å². The first kappa shape index (κ1) is 13.2. The van der Waals surface area contributed by atoms with Gasteiger partial charge in [0.05, 0.1) is 4.92 Å². The Balaban J connectivity index is 3.07. The molecule has 1 amide bonds. The second kappa shape index (κ2) is 5.43. The first-order chi connectivity index (χ1) is 8.01. The summed E-state index contributed by atoms with van der Waals surface area (Å²) in [6.45, 7) is 6.78. The van der Waals surface area contributed by atoms with Gasteiger partial charge in [-0.3, -0.25) is 14.9 Å². The first-order valence-electron chi connectivity index (χ1n) is 5.55. The highest BCUT2D eigenvalue weighted by Crippen LogP contribution is 2.18. The lowest BCUT2D eigenvalue weighted by molar-refractivity contribution is -0.384. The molecule has 0 saturated heterocycles. The summed E-state index contributed by atoms with van der Waals surface area (Å²) in [7, 11) is 0. The summed E-state index contributed by atoms with van der Waals surface area (Å²) in [5.41, 5.74) is 1.17. The Kier molecular flexibility index (Phi) is 4.20. The van der Waals surface area contributed by atoms with E-state index in [0.717, 1.165) is 0 Å². The van der Waals surface area contributed by atoms with Crippen LogP contribution in [0.3, 0.4) is 0 Å². The van der Waals surface area contributed by atoms with Crippen molar-refractivity contribution >= 4 is 11.6 Å². The molecule has 0 aliphatic carbocycles. The molecule has 1 aromatic rings. The second-order valence-electron chi connectivity index (χ2n) is 3.73. The van der Waals surface area contributed by atoms with Crippen LogP contribution in [0.2, 0.25) is 0 Å². The minimum absolute atomic E-state index is 0.0126. The molecule has 0 aliphatic heterocycles. The van der Waals surface area contributed by atoms with E-state index in [-0.39, 0.29) is 11.6 Å². The van der Waals surface area contributed by atoms with Gasteiger partial charge in [-0.05, 0) is 32.4 Å². The molecule has 0 bridgehead atoms. The van der Waals surface area contributed by atoms with Crippen molar-refractivity contribution in [1.29, 1.82) is 0 Å². The number of non-ortho nitro benzene ring substituents is 1. The van der Waals surface area contributed by atoms with Crippen molar-refractivity contribution in [3.8, 4) is 0 Å². The summed E-state index contributed by atoms with van der Waals surface area (Å²) in [5, 5.41) is 10.6. The predicted molar refractivity (Wildman–Crippen MR) is 65.1 cm³/mol. The minimum Gasteiger partial charge on any atom is -0.339 e. The van der Waals surface area contributed by atoms with Crippen LogP contribution < -0.4 is 0 Å². The molecule has 0 unspecified atom stereocenters. The molecule has 1 aromatic carbocycles. The van der Waals surface area contributed by atoms with Gasteiger partial charge in [-0.2, -0.15) is 0 Å². The van der Waals surface area contributed by atoms with E-state index < -0.39 is 4.92 Å². The second-order valence-corrected chi connectivity index (χ2v) is 3.73. The van der Waals surface area contributed by atoms with Gasteiger partial charge in [0.2, 0.25) is 0 Å². The Bertz CT molecular complexity index is 439.